The predicted octanol–water partition coefficient (Wildman–Crippen LogP) is 14.8. The molecule has 6 rings (SSSR count). The summed E-state index contributed by atoms with van der Waals surface area (Å²) in [5.74, 6) is -5.71. The fraction of sp³-hybridized carbons (Fsp3) is 0.908. The Labute approximate surface area is 757 Å². The maximum atomic E-state index is 15.0. The number of hydrogen-bond donors (Lipinski definition) is 7. The lowest BCUT2D eigenvalue weighted by Crippen LogP contribution is -2.61. The first-order valence-corrected chi connectivity index (χ1v) is 47.9. The fourth-order valence-electron chi connectivity index (χ4n) is 22.2. The standard InChI is InChI=1S/C98H174N6O22/c1-28-31-40-96(77(109)121-68-52-83(4,5)99-84(6,7)53-68,78(110)122-69-54-85(8,9)100-86(10,11)55-69)43-34-46-118-74(106)37-49-115-65-95(64-105,66-116-50-38-75(107)119-47-35-44-97(41-32-29-2,79(111)123-70-56-87(12,13)101-88(14,15)57-70)80(112)124-71-58-89(16,17)102-90(18,19)59-71)67-117-51-39-76(108)120-48-36-45-98(42-33-30-3,81(113)125-72-60-91(20,21)103-92(22,23)61-72)82(114)126-73-62-93(24,25)104-94(26,27)63-73/h68-73,99-105H,28-67H2,1-27H3. The summed E-state index contributed by atoms with van der Waals surface area (Å²) in [5.41, 5.74) is -10.7. The van der Waals surface area contributed by atoms with Crippen LogP contribution < -0.4 is 31.9 Å². The molecular weight excluding hydrogens is 1610 g/mol. The molecule has 0 atom stereocenters. The van der Waals surface area contributed by atoms with Crippen LogP contribution in [0.1, 0.15) is 380 Å². The molecule has 0 bridgehead atoms. The minimum atomic E-state index is -1.68. The van der Waals surface area contributed by atoms with Gasteiger partial charge in [0.15, 0.2) is 16.2 Å². The van der Waals surface area contributed by atoms with E-state index in [4.69, 9.17) is 56.8 Å². The molecule has 0 aromatic heterocycles. The second-order valence-electron chi connectivity index (χ2n) is 46.6. The van der Waals surface area contributed by atoms with Gasteiger partial charge in [-0.2, -0.15) is 0 Å². The normalized spacial score (nSPS) is 22.3. The molecule has 6 saturated heterocycles. The Morgan fingerprint density at radius 2 is 0.421 bits per heavy atom. The first-order chi connectivity index (χ1) is 58.0. The number of esters is 9. The molecule has 6 heterocycles. The summed E-state index contributed by atoms with van der Waals surface area (Å²) in [4.78, 5) is 131. The molecule has 0 amide bonds. The zero-order valence-electron chi connectivity index (χ0n) is 83.3. The van der Waals surface area contributed by atoms with Gasteiger partial charge in [-0.25, -0.2) is 0 Å². The Bertz CT molecular complexity index is 2950. The molecule has 28 nitrogen and oxygen atoms in total. The number of aliphatic hydroxyl groups is 1. The monoisotopic (exact) mass is 1790 g/mol. The molecule has 0 spiro atoms. The Morgan fingerprint density at radius 1 is 0.262 bits per heavy atom. The van der Waals surface area contributed by atoms with Crippen LogP contribution in [0.3, 0.4) is 0 Å². The van der Waals surface area contributed by atoms with Gasteiger partial charge in [-0.3, -0.25) is 43.2 Å². The second-order valence-corrected chi connectivity index (χ2v) is 46.6. The van der Waals surface area contributed by atoms with Crippen LogP contribution in [0.2, 0.25) is 0 Å². The van der Waals surface area contributed by atoms with Crippen LogP contribution in [-0.2, 0) is 100.0 Å². The summed E-state index contributed by atoms with van der Waals surface area (Å²) < 4.78 is 74.4. The molecule has 6 aliphatic rings. The number of carbonyl (C=O) groups is 9. The molecule has 728 valence electrons. The molecule has 0 saturated carbocycles. The average molecular weight is 1790 g/mol. The van der Waals surface area contributed by atoms with Crippen LogP contribution in [0.4, 0.5) is 0 Å². The maximum absolute atomic E-state index is 15.0. The Morgan fingerprint density at radius 3 is 0.571 bits per heavy atom. The Kier molecular flexibility index (Phi) is 39.2. The van der Waals surface area contributed by atoms with Crippen LogP contribution in [0.5, 0.6) is 0 Å². The van der Waals surface area contributed by atoms with Crippen molar-refractivity contribution in [3.63, 3.8) is 0 Å². The van der Waals surface area contributed by atoms with Crippen molar-refractivity contribution in [2.24, 2.45) is 21.7 Å². The fourth-order valence-corrected chi connectivity index (χ4v) is 22.2. The van der Waals surface area contributed by atoms with Crippen LogP contribution >= 0.6 is 0 Å². The van der Waals surface area contributed by atoms with Crippen molar-refractivity contribution >= 4 is 53.7 Å². The molecule has 126 heavy (non-hydrogen) atoms. The van der Waals surface area contributed by atoms with Gasteiger partial charge in [-0.15, -0.1) is 0 Å². The number of carbonyl (C=O) groups excluding carboxylic acids is 9. The molecule has 7 N–H and O–H groups in total. The van der Waals surface area contributed by atoms with E-state index in [2.05, 4.69) is 198 Å². The highest BCUT2D eigenvalue weighted by Gasteiger charge is 2.57. The summed E-state index contributed by atoms with van der Waals surface area (Å²) in [5, 5.41) is 33.2. The van der Waals surface area contributed by atoms with Gasteiger partial charge < -0.3 is 93.8 Å². The minimum Gasteiger partial charge on any atom is -0.466 e. The van der Waals surface area contributed by atoms with E-state index in [1.165, 1.54) is 0 Å². The highest BCUT2D eigenvalue weighted by Crippen LogP contribution is 2.45. The highest BCUT2D eigenvalue weighted by atomic mass is 16.6. The third kappa shape index (κ3) is 35.1. The van der Waals surface area contributed by atoms with Gasteiger partial charge in [0.05, 0.1) is 90.7 Å². The molecule has 0 aromatic carbocycles. The molecule has 0 aliphatic carbocycles. The molecule has 0 radical (unpaired) electrons. The van der Waals surface area contributed by atoms with Gasteiger partial charge in [-0.05, 0) is 224 Å². The second kappa shape index (κ2) is 45.0. The van der Waals surface area contributed by atoms with Gasteiger partial charge in [0.25, 0.3) is 0 Å². The van der Waals surface area contributed by atoms with Crippen molar-refractivity contribution < 1.29 is 105 Å². The molecule has 6 fully saturated rings. The smallest absolute Gasteiger partial charge is 0.323 e. The van der Waals surface area contributed by atoms with Crippen LogP contribution in [0.25, 0.3) is 0 Å². The number of rotatable bonds is 49. The average Bonchev–Trinajstić information content (AvgIpc) is 0.781. The summed E-state index contributed by atoms with van der Waals surface area (Å²) in [6.07, 6.45) is 7.50. The largest absolute Gasteiger partial charge is 0.466 e. The van der Waals surface area contributed by atoms with E-state index >= 15 is 0 Å². The van der Waals surface area contributed by atoms with E-state index in [0.29, 0.717) is 116 Å². The number of aliphatic hydroxyl groups excluding tert-OH is 1. The lowest BCUT2D eigenvalue weighted by molar-refractivity contribution is -0.187. The van der Waals surface area contributed by atoms with E-state index in [-0.39, 0.29) is 203 Å². The first-order valence-electron chi connectivity index (χ1n) is 47.9. The summed E-state index contributed by atoms with van der Waals surface area (Å²) in [6, 6.07) is 0. The maximum Gasteiger partial charge on any atom is 0.323 e. The zero-order valence-corrected chi connectivity index (χ0v) is 83.3. The van der Waals surface area contributed by atoms with Crippen LogP contribution in [0, 0.1) is 21.7 Å². The molecule has 28 heteroatoms. The van der Waals surface area contributed by atoms with E-state index in [0.717, 1.165) is 0 Å². The number of hydrogen-bond acceptors (Lipinski definition) is 28. The van der Waals surface area contributed by atoms with Gasteiger partial charge >= 0.3 is 53.7 Å². The topological polar surface area (TPSA) is 357 Å². The number of ether oxygens (including phenoxy) is 12. The van der Waals surface area contributed by atoms with Crippen molar-refractivity contribution in [3.05, 3.63) is 0 Å². The van der Waals surface area contributed by atoms with E-state index < -0.39 is 119 Å². The lowest BCUT2D eigenvalue weighted by Gasteiger charge is -2.47. The Balaban J connectivity index is 1.15. The van der Waals surface area contributed by atoms with Crippen molar-refractivity contribution in [3.8, 4) is 0 Å². The van der Waals surface area contributed by atoms with E-state index in [1.54, 1.807) is 0 Å². The summed E-state index contributed by atoms with van der Waals surface area (Å²) >= 11 is 0. The minimum absolute atomic E-state index is 0.00450. The number of piperidine rings is 6. The highest BCUT2D eigenvalue weighted by molar-refractivity contribution is 6.01. The predicted molar refractivity (Wildman–Crippen MR) is 485 cm³/mol. The first kappa shape index (κ1) is 110. The van der Waals surface area contributed by atoms with Gasteiger partial charge in [0, 0.05) is 144 Å². The summed E-state index contributed by atoms with van der Waals surface area (Å²) in [7, 11) is 0. The van der Waals surface area contributed by atoms with Crippen LogP contribution in [-0.4, -0.2) is 228 Å². The van der Waals surface area contributed by atoms with Crippen LogP contribution in [0.15, 0.2) is 0 Å². The Hall–Kier alpha value is -5.17. The van der Waals surface area contributed by atoms with Crippen molar-refractivity contribution in [2.75, 3.05) is 66.1 Å². The van der Waals surface area contributed by atoms with Gasteiger partial charge in [0.1, 0.15) is 36.6 Å². The van der Waals surface area contributed by atoms with E-state index in [1.807, 2.05) is 20.8 Å². The van der Waals surface area contributed by atoms with Crippen molar-refractivity contribution in [1.29, 1.82) is 0 Å². The summed E-state index contributed by atoms with van der Waals surface area (Å²) in [6.45, 7) is 53.4. The third-order valence-corrected chi connectivity index (χ3v) is 25.7. The van der Waals surface area contributed by atoms with Gasteiger partial charge in [0.2, 0.25) is 0 Å². The SMILES string of the molecule is CCCCC(CCCOC(=O)CCOCC(CO)(COCCC(=O)OCCCC(CCCC)(C(=O)OC1CC(C)(C)NC(C)(C)C1)C(=O)OC1CC(C)(C)NC(C)(C)C1)COCCC(=O)OCCCC(CCCC)(C(=O)OC1CC(C)(C)NC(C)(C)C1)C(=O)OC1CC(C)(C)NC(C)(C)C1)(C(=O)OC1CC(C)(C)NC(C)(C)C1)C(=O)OC1CC(C)(C)NC(C)(C)C1. The molecule has 0 aromatic rings. The quantitative estimate of drug-likeness (QED) is 0.0129. The van der Waals surface area contributed by atoms with Crippen molar-refractivity contribution in [1.82, 2.24) is 31.9 Å². The van der Waals surface area contributed by atoms with E-state index in [9.17, 15) is 48.3 Å². The zero-order chi connectivity index (χ0) is 94.7. The van der Waals surface area contributed by atoms with Gasteiger partial charge in [-0.1, -0.05) is 59.3 Å². The molecule has 0 unspecified atom stereocenters. The lowest BCUT2D eigenvalue weighted by atomic mass is 9.77. The third-order valence-electron chi connectivity index (χ3n) is 25.7. The molecular formula is C98H174N6O22. The number of nitrogens with one attached hydrogen (secondary N) is 6. The molecule has 6 aliphatic heterocycles. The van der Waals surface area contributed by atoms with Crippen molar-refractivity contribution in [2.45, 2.75) is 483 Å². The number of unbranched alkanes of at least 4 members (excludes halogenated alkanes) is 3.